The minimum absolute atomic E-state index is 0.296. The summed E-state index contributed by atoms with van der Waals surface area (Å²) in [6, 6.07) is 6.08. The predicted molar refractivity (Wildman–Crippen MR) is 65.3 cm³/mol. The number of benzene rings is 1. The summed E-state index contributed by atoms with van der Waals surface area (Å²) in [5, 5.41) is 27.1. The fourth-order valence-electron chi connectivity index (χ4n) is 1.53. The van der Waals surface area contributed by atoms with Crippen molar-refractivity contribution < 1.29 is 10.0 Å². The first-order valence-corrected chi connectivity index (χ1v) is 5.26. The SMILES string of the molecule is Cn1ccc(NCc2ccc(O)c([N+](=O)[O-])c2)n1. The minimum Gasteiger partial charge on any atom is -0.502 e. The lowest BCUT2D eigenvalue weighted by molar-refractivity contribution is -0.385. The normalized spacial score (nSPS) is 10.3. The number of aromatic hydroxyl groups is 1. The number of hydrogen-bond acceptors (Lipinski definition) is 5. The fourth-order valence-corrected chi connectivity index (χ4v) is 1.53. The highest BCUT2D eigenvalue weighted by Crippen LogP contribution is 2.26. The molecular formula is C11H12N4O3. The van der Waals surface area contributed by atoms with Gasteiger partial charge in [-0.05, 0) is 11.6 Å². The van der Waals surface area contributed by atoms with Crippen LogP contribution in [0.4, 0.5) is 11.5 Å². The summed E-state index contributed by atoms with van der Waals surface area (Å²) in [7, 11) is 1.80. The molecule has 0 aliphatic heterocycles. The maximum absolute atomic E-state index is 10.7. The second-order valence-electron chi connectivity index (χ2n) is 3.81. The molecule has 0 atom stereocenters. The third-order valence-corrected chi connectivity index (χ3v) is 2.42. The molecule has 0 spiro atoms. The Bertz CT molecular complexity index is 579. The summed E-state index contributed by atoms with van der Waals surface area (Å²) in [4.78, 5) is 10.0. The molecule has 18 heavy (non-hydrogen) atoms. The molecule has 0 saturated heterocycles. The average molecular weight is 248 g/mol. The molecule has 0 aliphatic rings. The number of hydrogen-bond donors (Lipinski definition) is 2. The lowest BCUT2D eigenvalue weighted by Gasteiger charge is -2.04. The highest BCUT2D eigenvalue weighted by Gasteiger charge is 2.13. The topological polar surface area (TPSA) is 93.2 Å². The zero-order valence-corrected chi connectivity index (χ0v) is 9.70. The van der Waals surface area contributed by atoms with E-state index in [1.54, 1.807) is 30.1 Å². The van der Waals surface area contributed by atoms with Gasteiger partial charge < -0.3 is 10.4 Å². The highest BCUT2D eigenvalue weighted by molar-refractivity contribution is 5.48. The number of nitrogens with one attached hydrogen (secondary N) is 1. The molecule has 0 aliphatic carbocycles. The van der Waals surface area contributed by atoms with Gasteiger partial charge in [0.2, 0.25) is 0 Å². The molecule has 7 heteroatoms. The lowest BCUT2D eigenvalue weighted by atomic mass is 10.2. The summed E-state index contributed by atoms with van der Waals surface area (Å²) in [5.74, 6) is 0.356. The Morgan fingerprint density at radius 1 is 1.50 bits per heavy atom. The van der Waals surface area contributed by atoms with Crippen molar-refractivity contribution in [1.82, 2.24) is 9.78 Å². The van der Waals surface area contributed by atoms with Crippen molar-refractivity contribution in [3.8, 4) is 5.75 Å². The molecule has 0 fully saturated rings. The van der Waals surface area contributed by atoms with Crippen molar-refractivity contribution in [2.75, 3.05) is 5.32 Å². The molecule has 0 bridgehead atoms. The van der Waals surface area contributed by atoms with E-state index in [-0.39, 0.29) is 11.4 Å². The molecule has 94 valence electrons. The van der Waals surface area contributed by atoms with Gasteiger partial charge in [0.15, 0.2) is 5.75 Å². The molecule has 1 heterocycles. The predicted octanol–water partition coefficient (Wildman–Crippen LogP) is 1.65. The van der Waals surface area contributed by atoms with Gasteiger partial charge in [-0.15, -0.1) is 0 Å². The van der Waals surface area contributed by atoms with E-state index < -0.39 is 4.92 Å². The number of phenols is 1. The van der Waals surface area contributed by atoms with Gasteiger partial charge in [-0.3, -0.25) is 14.8 Å². The van der Waals surface area contributed by atoms with Crippen LogP contribution in [0.1, 0.15) is 5.56 Å². The van der Waals surface area contributed by atoms with Crippen LogP contribution in [0.3, 0.4) is 0 Å². The van der Waals surface area contributed by atoms with Crippen molar-refractivity contribution in [3.05, 3.63) is 46.1 Å². The number of aromatic nitrogens is 2. The molecule has 1 aromatic heterocycles. The van der Waals surface area contributed by atoms with Gasteiger partial charge in [0.05, 0.1) is 4.92 Å². The van der Waals surface area contributed by atoms with Crippen molar-refractivity contribution in [1.29, 1.82) is 0 Å². The largest absolute Gasteiger partial charge is 0.502 e. The number of anilines is 1. The maximum Gasteiger partial charge on any atom is 0.311 e. The van der Waals surface area contributed by atoms with Crippen LogP contribution >= 0.6 is 0 Å². The zero-order valence-electron chi connectivity index (χ0n) is 9.70. The first kappa shape index (κ1) is 11.9. The Morgan fingerprint density at radius 3 is 2.89 bits per heavy atom. The number of nitrogens with zero attached hydrogens (tertiary/aromatic N) is 3. The Hall–Kier alpha value is -2.57. The molecule has 1 aromatic carbocycles. The van der Waals surface area contributed by atoms with E-state index in [0.717, 1.165) is 0 Å². The van der Waals surface area contributed by atoms with Crippen molar-refractivity contribution in [2.45, 2.75) is 6.54 Å². The van der Waals surface area contributed by atoms with Crippen molar-refractivity contribution in [3.63, 3.8) is 0 Å². The summed E-state index contributed by atoms with van der Waals surface area (Å²) >= 11 is 0. The summed E-state index contributed by atoms with van der Waals surface area (Å²) < 4.78 is 1.65. The standard InChI is InChI=1S/C11H12N4O3/c1-14-5-4-11(13-14)12-7-8-2-3-10(16)9(6-8)15(17)18/h2-6,16H,7H2,1H3,(H,12,13). The summed E-state index contributed by atoms with van der Waals surface area (Å²) in [6.45, 7) is 0.401. The van der Waals surface area contributed by atoms with E-state index in [2.05, 4.69) is 10.4 Å². The zero-order chi connectivity index (χ0) is 13.1. The second-order valence-corrected chi connectivity index (χ2v) is 3.81. The van der Waals surface area contributed by atoms with Crippen molar-refractivity contribution >= 4 is 11.5 Å². The van der Waals surface area contributed by atoms with E-state index in [9.17, 15) is 15.2 Å². The van der Waals surface area contributed by atoms with Gasteiger partial charge in [-0.2, -0.15) is 5.10 Å². The number of rotatable bonds is 4. The van der Waals surface area contributed by atoms with Gasteiger partial charge in [0, 0.05) is 31.9 Å². The van der Waals surface area contributed by atoms with E-state index in [0.29, 0.717) is 17.9 Å². The smallest absolute Gasteiger partial charge is 0.311 e. The summed E-state index contributed by atoms with van der Waals surface area (Å²) in [6.07, 6.45) is 1.79. The highest BCUT2D eigenvalue weighted by atomic mass is 16.6. The van der Waals surface area contributed by atoms with E-state index in [4.69, 9.17) is 0 Å². The van der Waals surface area contributed by atoms with E-state index >= 15 is 0 Å². The Labute approximate surface area is 103 Å². The van der Waals surface area contributed by atoms with E-state index in [1.807, 2.05) is 0 Å². The first-order valence-electron chi connectivity index (χ1n) is 5.26. The monoisotopic (exact) mass is 248 g/mol. The third kappa shape index (κ3) is 2.57. The van der Waals surface area contributed by atoms with Crippen molar-refractivity contribution in [2.24, 2.45) is 7.05 Å². The van der Waals surface area contributed by atoms with Crippen LogP contribution in [0.25, 0.3) is 0 Å². The van der Waals surface area contributed by atoms with Crippen LogP contribution in [0, 0.1) is 10.1 Å². The van der Waals surface area contributed by atoms with Gasteiger partial charge in [-0.25, -0.2) is 0 Å². The Kier molecular flexibility index (Phi) is 3.13. The average Bonchev–Trinajstić information content (AvgIpc) is 2.74. The van der Waals surface area contributed by atoms with Crippen LogP contribution in [0.2, 0.25) is 0 Å². The number of nitro benzene ring substituents is 1. The number of aryl methyl sites for hydroxylation is 1. The van der Waals surface area contributed by atoms with Crippen LogP contribution < -0.4 is 5.32 Å². The van der Waals surface area contributed by atoms with Crippen LogP contribution in [-0.2, 0) is 13.6 Å². The number of phenolic OH excluding ortho intramolecular Hbond substituents is 1. The summed E-state index contributed by atoms with van der Waals surface area (Å²) in [5.41, 5.74) is 0.403. The van der Waals surface area contributed by atoms with Crippen LogP contribution in [0.15, 0.2) is 30.5 Å². The second kappa shape index (κ2) is 4.74. The molecule has 7 nitrogen and oxygen atoms in total. The molecule has 2 N–H and O–H groups in total. The molecule has 0 radical (unpaired) electrons. The molecule has 0 saturated carbocycles. The third-order valence-electron chi connectivity index (χ3n) is 2.42. The Morgan fingerprint density at radius 2 is 2.28 bits per heavy atom. The fraction of sp³-hybridized carbons (Fsp3) is 0.182. The first-order chi connectivity index (χ1) is 8.56. The number of nitro groups is 1. The van der Waals surface area contributed by atoms with Gasteiger partial charge >= 0.3 is 5.69 Å². The van der Waals surface area contributed by atoms with Crippen LogP contribution in [-0.4, -0.2) is 19.8 Å². The van der Waals surface area contributed by atoms with Gasteiger partial charge in [-0.1, -0.05) is 6.07 Å². The molecule has 2 rings (SSSR count). The molecule has 2 aromatic rings. The van der Waals surface area contributed by atoms with Crippen LogP contribution in [0.5, 0.6) is 5.75 Å². The van der Waals surface area contributed by atoms with E-state index in [1.165, 1.54) is 12.1 Å². The Balaban J connectivity index is 2.10. The van der Waals surface area contributed by atoms with Gasteiger partial charge in [0.25, 0.3) is 0 Å². The maximum atomic E-state index is 10.7. The minimum atomic E-state index is -0.612. The molecule has 0 amide bonds. The lowest BCUT2D eigenvalue weighted by Crippen LogP contribution is -2.01. The quantitative estimate of drug-likeness (QED) is 0.633. The molecule has 0 unspecified atom stereocenters. The molecular weight excluding hydrogens is 236 g/mol. The van der Waals surface area contributed by atoms with Gasteiger partial charge in [0.1, 0.15) is 5.82 Å².